The van der Waals surface area contributed by atoms with E-state index in [9.17, 15) is 13.2 Å². The maximum Gasteiger partial charge on any atom is 0.243 e. The Hall–Kier alpha value is -3.86. The average Bonchev–Trinajstić information content (AvgIpc) is 3.75. The molecule has 3 heterocycles. The van der Waals surface area contributed by atoms with Crippen molar-refractivity contribution in [2.45, 2.75) is 36.9 Å². The van der Waals surface area contributed by atoms with Crippen molar-refractivity contribution >= 4 is 26.7 Å². The largest absolute Gasteiger partial charge is 0.467 e. The van der Waals surface area contributed by atoms with Gasteiger partial charge in [0, 0.05) is 19.7 Å². The van der Waals surface area contributed by atoms with Crippen LogP contribution in [0.2, 0.25) is 0 Å². The van der Waals surface area contributed by atoms with Crippen LogP contribution >= 0.6 is 0 Å². The number of nitrogens with zero attached hydrogens (tertiary/aromatic N) is 2. The van der Waals surface area contributed by atoms with Crippen LogP contribution < -0.4 is 9.47 Å². The molecule has 0 bridgehead atoms. The number of rotatable bonds is 10. The van der Waals surface area contributed by atoms with Gasteiger partial charge in [-0.05, 0) is 65.6 Å². The third-order valence-corrected chi connectivity index (χ3v) is 9.00. The predicted molar refractivity (Wildman–Crippen MR) is 147 cm³/mol. The van der Waals surface area contributed by atoms with Crippen molar-refractivity contribution in [1.82, 2.24) is 9.21 Å². The highest BCUT2D eigenvalue weighted by molar-refractivity contribution is 7.89. The van der Waals surface area contributed by atoms with Gasteiger partial charge >= 0.3 is 0 Å². The number of fused-ring (bicyclic) bond motifs is 2. The molecule has 1 amide bonds. The fraction of sp³-hybridized carbons (Fsp3) is 0.300. The van der Waals surface area contributed by atoms with Crippen LogP contribution in [-0.2, 0) is 32.6 Å². The van der Waals surface area contributed by atoms with Gasteiger partial charge in [-0.15, -0.1) is 0 Å². The summed E-state index contributed by atoms with van der Waals surface area (Å²) >= 11 is 0. The van der Waals surface area contributed by atoms with Crippen molar-refractivity contribution in [2.24, 2.45) is 0 Å². The third-order valence-electron chi connectivity index (χ3n) is 7.19. The maximum atomic E-state index is 14.0. The molecule has 40 heavy (non-hydrogen) atoms. The molecule has 0 saturated carbocycles. The molecule has 1 unspecified atom stereocenters. The lowest BCUT2D eigenvalue weighted by atomic mass is 10.1. The molecule has 2 aliphatic heterocycles. The quantitative estimate of drug-likeness (QED) is 0.279. The zero-order valence-electron chi connectivity index (χ0n) is 21.9. The highest BCUT2D eigenvalue weighted by atomic mass is 32.2. The van der Waals surface area contributed by atoms with Gasteiger partial charge in [0.1, 0.15) is 5.76 Å². The summed E-state index contributed by atoms with van der Waals surface area (Å²) in [6.07, 6.45) is 2.88. The Labute approximate surface area is 232 Å². The molecule has 4 aromatic rings. The maximum absolute atomic E-state index is 14.0. The summed E-state index contributed by atoms with van der Waals surface area (Å²) in [5, 5.41) is 1.76. The first-order valence-corrected chi connectivity index (χ1v) is 14.7. The minimum absolute atomic E-state index is 0.0967. The lowest BCUT2D eigenvalue weighted by Gasteiger charge is -2.28. The SMILES string of the molecule is O=C(CN(CC1CCCO1)S(=O)(=O)c1ccc2ccccc2c1)N(Cc1ccc2c(c1)OCO2)Cc1ccco1. The minimum atomic E-state index is -4.01. The highest BCUT2D eigenvalue weighted by Crippen LogP contribution is 2.33. The number of carbonyl (C=O) groups is 1. The van der Waals surface area contributed by atoms with Gasteiger partial charge in [0.05, 0.1) is 30.4 Å². The number of benzene rings is 3. The fourth-order valence-corrected chi connectivity index (χ4v) is 6.53. The molecule has 208 valence electrons. The lowest BCUT2D eigenvalue weighted by Crippen LogP contribution is -2.45. The predicted octanol–water partition coefficient (Wildman–Crippen LogP) is 4.56. The summed E-state index contributed by atoms with van der Waals surface area (Å²) < 4.78 is 51.4. The van der Waals surface area contributed by atoms with E-state index < -0.39 is 10.0 Å². The molecule has 1 atom stereocenters. The van der Waals surface area contributed by atoms with Crippen LogP contribution in [0.4, 0.5) is 0 Å². The van der Waals surface area contributed by atoms with E-state index in [4.69, 9.17) is 18.6 Å². The lowest BCUT2D eigenvalue weighted by molar-refractivity contribution is -0.133. The molecule has 9 nitrogen and oxygen atoms in total. The van der Waals surface area contributed by atoms with Crippen LogP contribution in [-0.4, -0.2) is 56.1 Å². The zero-order chi connectivity index (χ0) is 27.5. The summed E-state index contributed by atoms with van der Waals surface area (Å²) in [5.41, 5.74) is 0.826. The fourth-order valence-electron chi connectivity index (χ4n) is 5.07. The first-order valence-electron chi connectivity index (χ1n) is 13.2. The van der Waals surface area contributed by atoms with E-state index >= 15 is 0 Å². The van der Waals surface area contributed by atoms with Gasteiger partial charge < -0.3 is 23.5 Å². The summed E-state index contributed by atoms with van der Waals surface area (Å²) in [4.78, 5) is 15.6. The van der Waals surface area contributed by atoms with Gasteiger partial charge in [0.25, 0.3) is 0 Å². The first-order chi connectivity index (χ1) is 19.5. The Bertz CT molecular complexity index is 1600. The number of hydrogen-bond donors (Lipinski definition) is 0. The molecule has 1 fully saturated rings. The second kappa shape index (κ2) is 11.3. The molecule has 10 heteroatoms. The van der Waals surface area contributed by atoms with Crippen molar-refractivity contribution in [1.29, 1.82) is 0 Å². The monoisotopic (exact) mass is 562 g/mol. The van der Waals surface area contributed by atoms with Crippen molar-refractivity contribution in [3.63, 3.8) is 0 Å². The number of hydrogen-bond acceptors (Lipinski definition) is 7. The Morgan fingerprint density at radius 2 is 1.75 bits per heavy atom. The molecule has 0 spiro atoms. The molecular weight excluding hydrogens is 532 g/mol. The number of amides is 1. The van der Waals surface area contributed by atoms with E-state index in [0.717, 1.165) is 29.2 Å². The Balaban J connectivity index is 1.29. The van der Waals surface area contributed by atoms with Crippen LogP contribution in [0.3, 0.4) is 0 Å². The minimum Gasteiger partial charge on any atom is -0.467 e. The van der Waals surface area contributed by atoms with Crippen LogP contribution in [0.15, 0.2) is 88.4 Å². The Kier molecular flexibility index (Phi) is 7.46. The van der Waals surface area contributed by atoms with Crippen LogP contribution in [0.5, 0.6) is 11.5 Å². The standard InChI is InChI=1S/C30H30N2O7S/c33-30(31(18-25-7-3-13-36-25)17-22-9-12-28-29(15-22)39-21-38-28)20-32(19-26-8-4-14-37-26)40(34,35)27-11-10-23-5-1-2-6-24(23)16-27/h1-3,5-7,9-13,15-16,26H,4,8,14,17-21H2. The number of sulfonamides is 1. The van der Waals surface area contributed by atoms with E-state index in [2.05, 4.69) is 0 Å². The van der Waals surface area contributed by atoms with Crippen LogP contribution in [0.1, 0.15) is 24.2 Å². The summed E-state index contributed by atoms with van der Waals surface area (Å²) in [7, 11) is -4.01. The van der Waals surface area contributed by atoms with Gasteiger partial charge in [-0.2, -0.15) is 4.31 Å². The first kappa shape index (κ1) is 26.4. The molecule has 1 saturated heterocycles. The van der Waals surface area contributed by atoms with Crippen molar-refractivity contribution in [2.75, 3.05) is 26.5 Å². The van der Waals surface area contributed by atoms with Gasteiger partial charge in [0.2, 0.25) is 22.7 Å². The topological polar surface area (TPSA) is 98.5 Å². The summed E-state index contributed by atoms with van der Waals surface area (Å²) in [5.74, 6) is 1.51. The molecular formula is C30H30N2O7S. The third kappa shape index (κ3) is 5.70. The average molecular weight is 563 g/mol. The second-order valence-electron chi connectivity index (χ2n) is 9.96. The van der Waals surface area contributed by atoms with E-state index in [1.165, 1.54) is 4.31 Å². The normalized spacial score (nSPS) is 16.6. The molecule has 0 N–H and O–H groups in total. The van der Waals surface area contributed by atoms with Gasteiger partial charge in [-0.1, -0.05) is 36.4 Å². The van der Waals surface area contributed by atoms with Gasteiger partial charge in [-0.3, -0.25) is 4.79 Å². The molecule has 0 aliphatic carbocycles. The zero-order valence-corrected chi connectivity index (χ0v) is 22.7. The molecule has 1 aromatic heterocycles. The molecule has 6 rings (SSSR count). The molecule has 0 radical (unpaired) electrons. The number of ether oxygens (including phenoxy) is 3. The van der Waals surface area contributed by atoms with E-state index in [0.29, 0.717) is 23.9 Å². The van der Waals surface area contributed by atoms with E-state index in [1.54, 1.807) is 47.6 Å². The Morgan fingerprint density at radius 1 is 0.900 bits per heavy atom. The van der Waals surface area contributed by atoms with Crippen LogP contribution in [0, 0.1) is 0 Å². The van der Waals surface area contributed by atoms with E-state index in [-0.39, 0.29) is 49.9 Å². The molecule has 3 aromatic carbocycles. The number of carbonyl (C=O) groups excluding carboxylic acids is 1. The van der Waals surface area contributed by atoms with Crippen molar-refractivity contribution in [3.05, 3.63) is 90.4 Å². The molecule has 2 aliphatic rings. The van der Waals surface area contributed by atoms with Gasteiger partial charge in [-0.25, -0.2) is 8.42 Å². The summed E-state index contributed by atoms with van der Waals surface area (Å²) in [6.45, 7) is 0.916. The number of furan rings is 1. The van der Waals surface area contributed by atoms with Gasteiger partial charge in [0.15, 0.2) is 11.5 Å². The van der Waals surface area contributed by atoms with Crippen molar-refractivity contribution in [3.8, 4) is 11.5 Å². The second-order valence-corrected chi connectivity index (χ2v) is 11.9. The van der Waals surface area contributed by atoms with E-state index in [1.807, 2.05) is 36.4 Å². The summed E-state index contributed by atoms with van der Waals surface area (Å²) in [6, 6.07) is 21.7. The Morgan fingerprint density at radius 3 is 2.55 bits per heavy atom. The van der Waals surface area contributed by atoms with Crippen LogP contribution in [0.25, 0.3) is 10.8 Å². The highest BCUT2D eigenvalue weighted by Gasteiger charge is 2.32. The smallest absolute Gasteiger partial charge is 0.243 e. The van der Waals surface area contributed by atoms with Crippen molar-refractivity contribution < 1.29 is 31.8 Å².